The van der Waals surface area contributed by atoms with Crippen LogP contribution in [0.1, 0.15) is 12.6 Å². The van der Waals surface area contributed by atoms with Crippen LogP contribution in [-0.2, 0) is 13.1 Å². The molecule has 0 aliphatic carbocycles. The molecule has 1 atom stereocenters. The third-order valence-electron chi connectivity index (χ3n) is 2.32. The highest BCUT2D eigenvalue weighted by atomic mass is 15.1. The summed E-state index contributed by atoms with van der Waals surface area (Å²) < 4.78 is 2.05. The van der Waals surface area contributed by atoms with Gasteiger partial charge in [0.25, 0.3) is 0 Å². The fourth-order valence-corrected chi connectivity index (χ4v) is 1.48. The smallest absolute Gasteiger partial charge is 0.115 e. The van der Waals surface area contributed by atoms with E-state index in [0.29, 0.717) is 6.04 Å². The normalized spacial score (nSPS) is 12.6. The maximum absolute atomic E-state index is 4.15. The predicted molar refractivity (Wildman–Crippen MR) is 60.6 cm³/mol. The van der Waals surface area contributed by atoms with Crippen LogP contribution in [0.4, 0.5) is 0 Å². The second-order valence-corrected chi connectivity index (χ2v) is 3.74. The van der Waals surface area contributed by atoms with Crippen molar-refractivity contribution in [3.05, 3.63) is 43.0 Å². The van der Waals surface area contributed by atoms with Crippen molar-refractivity contribution >= 4 is 0 Å². The summed E-state index contributed by atoms with van der Waals surface area (Å²) in [6.07, 6.45) is 8.89. The van der Waals surface area contributed by atoms with E-state index in [1.165, 1.54) is 0 Å². The van der Waals surface area contributed by atoms with E-state index in [-0.39, 0.29) is 0 Å². The van der Waals surface area contributed by atoms with Crippen molar-refractivity contribution in [3.63, 3.8) is 0 Å². The zero-order chi connectivity index (χ0) is 11.2. The molecule has 0 radical (unpaired) electrons. The Morgan fingerprint density at radius 1 is 1.38 bits per heavy atom. The Kier molecular flexibility index (Phi) is 3.61. The van der Waals surface area contributed by atoms with E-state index in [9.17, 15) is 0 Å². The van der Waals surface area contributed by atoms with E-state index in [0.717, 1.165) is 18.8 Å². The summed E-state index contributed by atoms with van der Waals surface area (Å²) in [7, 11) is 0. The number of hydrogen-bond donors (Lipinski definition) is 1. The second kappa shape index (κ2) is 5.37. The summed E-state index contributed by atoms with van der Waals surface area (Å²) in [5.41, 5.74) is 1.01. The van der Waals surface area contributed by atoms with Crippen LogP contribution < -0.4 is 5.32 Å². The van der Waals surface area contributed by atoms with E-state index in [1.54, 1.807) is 18.7 Å². The first-order valence-corrected chi connectivity index (χ1v) is 5.28. The largest absolute Gasteiger partial charge is 0.336 e. The quantitative estimate of drug-likeness (QED) is 0.806. The van der Waals surface area contributed by atoms with E-state index < -0.39 is 0 Å². The lowest BCUT2D eigenvalue weighted by Gasteiger charge is -2.13. The summed E-state index contributed by atoms with van der Waals surface area (Å²) in [6, 6.07) is 2.29. The van der Waals surface area contributed by atoms with Gasteiger partial charge in [-0.25, -0.2) is 15.0 Å². The Hall–Kier alpha value is -1.75. The second-order valence-electron chi connectivity index (χ2n) is 3.74. The SMILES string of the molecule is CC(Cn1ccnc1)NCc1ccncn1. The summed E-state index contributed by atoms with van der Waals surface area (Å²) in [6.45, 7) is 3.81. The first kappa shape index (κ1) is 10.8. The van der Waals surface area contributed by atoms with Gasteiger partial charge in [0.05, 0.1) is 12.0 Å². The molecule has 2 aromatic heterocycles. The van der Waals surface area contributed by atoms with Crippen LogP contribution in [0.2, 0.25) is 0 Å². The number of nitrogens with one attached hydrogen (secondary N) is 1. The first-order valence-electron chi connectivity index (χ1n) is 5.28. The van der Waals surface area contributed by atoms with E-state index in [4.69, 9.17) is 0 Å². The molecular formula is C11H15N5. The van der Waals surface area contributed by atoms with Crippen LogP contribution >= 0.6 is 0 Å². The van der Waals surface area contributed by atoms with Crippen LogP contribution in [0.15, 0.2) is 37.3 Å². The molecule has 5 heteroatoms. The monoisotopic (exact) mass is 217 g/mol. The third kappa shape index (κ3) is 3.13. The van der Waals surface area contributed by atoms with Crippen LogP contribution in [0.5, 0.6) is 0 Å². The Labute approximate surface area is 94.6 Å². The molecular weight excluding hydrogens is 202 g/mol. The molecule has 16 heavy (non-hydrogen) atoms. The van der Waals surface area contributed by atoms with Crippen molar-refractivity contribution in [3.8, 4) is 0 Å². The number of imidazole rings is 1. The Balaban J connectivity index is 1.78. The average molecular weight is 217 g/mol. The molecule has 0 aliphatic heterocycles. The van der Waals surface area contributed by atoms with E-state index in [2.05, 4.69) is 31.8 Å². The molecule has 2 heterocycles. The van der Waals surface area contributed by atoms with Crippen molar-refractivity contribution in [2.75, 3.05) is 0 Å². The van der Waals surface area contributed by atoms with Gasteiger partial charge in [0, 0.05) is 37.7 Å². The van der Waals surface area contributed by atoms with Crippen LogP contribution in [0.3, 0.4) is 0 Å². The summed E-state index contributed by atoms with van der Waals surface area (Å²) in [5, 5.41) is 3.40. The highest BCUT2D eigenvalue weighted by Crippen LogP contribution is 1.95. The van der Waals surface area contributed by atoms with Crippen LogP contribution in [0, 0.1) is 0 Å². The molecule has 0 fully saturated rings. The zero-order valence-corrected chi connectivity index (χ0v) is 9.24. The number of rotatable bonds is 5. The van der Waals surface area contributed by atoms with Crippen molar-refractivity contribution in [2.24, 2.45) is 0 Å². The lowest BCUT2D eigenvalue weighted by Crippen LogP contribution is -2.29. The molecule has 0 aromatic carbocycles. The summed E-state index contributed by atoms with van der Waals surface area (Å²) in [4.78, 5) is 12.0. The first-order chi connectivity index (χ1) is 7.84. The van der Waals surface area contributed by atoms with Gasteiger partial charge in [-0.05, 0) is 13.0 Å². The van der Waals surface area contributed by atoms with Gasteiger partial charge in [0.15, 0.2) is 0 Å². The molecule has 2 aromatic rings. The number of nitrogens with zero attached hydrogens (tertiary/aromatic N) is 4. The molecule has 84 valence electrons. The van der Waals surface area contributed by atoms with Gasteiger partial charge in [0.2, 0.25) is 0 Å². The van der Waals surface area contributed by atoms with Crippen molar-refractivity contribution < 1.29 is 0 Å². The van der Waals surface area contributed by atoms with Gasteiger partial charge in [-0.1, -0.05) is 0 Å². The third-order valence-corrected chi connectivity index (χ3v) is 2.32. The van der Waals surface area contributed by atoms with Crippen molar-refractivity contribution in [2.45, 2.75) is 26.1 Å². The highest BCUT2D eigenvalue weighted by molar-refractivity contribution is 4.97. The molecule has 0 aliphatic rings. The summed E-state index contributed by atoms with van der Waals surface area (Å²) in [5.74, 6) is 0. The lowest BCUT2D eigenvalue weighted by atomic mass is 10.3. The Morgan fingerprint density at radius 3 is 3.00 bits per heavy atom. The molecule has 0 saturated carbocycles. The van der Waals surface area contributed by atoms with Crippen LogP contribution in [0.25, 0.3) is 0 Å². The average Bonchev–Trinajstić information content (AvgIpc) is 2.81. The van der Waals surface area contributed by atoms with Crippen molar-refractivity contribution in [1.29, 1.82) is 0 Å². The zero-order valence-electron chi connectivity index (χ0n) is 9.24. The number of hydrogen-bond acceptors (Lipinski definition) is 4. The maximum atomic E-state index is 4.15. The molecule has 1 N–H and O–H groups in total. The minimum Gasteiger partial charge on any atom is -0.336 e. The molecule has 0 saturated heterocycles. The van der Waals surface area contributed by atoms with E-state index >= 15 is 0 Å². The molecule has 0 amide bonds. The molecule has 0 spiro atoms. The highest BCUT2D eigenvalue weighted by Gasteiger charge is 2.02. The fourth-order valence-electron chi connectivity index (χ4n) is 1.48. The van der Waals surface area contributed by atoms with Gasteiger partial charge in [-0.15, -0.1) is 0 Å². The standard InChI is InChI=1S/C11H15N5/c1-10(7-16-5-4-13-9-16)14-6-11-2-3-12-8-15-11/h2-5,8-10,14H,6-7H2,1H3. The maximum Gasteiger partial charge on any atom is 0.115 e. The Bertz CT molecular complexity index is 398. The molecule has 2 rings (SSSR count). The number of aromatic nitrogens is 4. The van der Waals surface area contributed by atoms with Gasteiger partial charge in [0.1, 0.15) is 6.33 Å². The predicted octanol–water partition coefficient (Wildman–Crippen LogP) is 0.851. The molecule has 1 unspecified atom stereocenters. The van der Waals surface area contributed by atoms with Crippen molar-refractivity contribution in [1.82, 2.24) is 24.8 Å². The van der Waals surface area contributed by atoms with Gasteiger partial charge >= 0.3 is 0 Å². The molecule has 5 nitrogen and oxygen atoms in total. The van der Waals surface area contributed by atoms with Crippen LogP contribution in [-0.4, -0.2) is 25.6 Å². The Morgan fingerprint density at radius 2 is 2.31 bits per heavy atom. The topological polar surface area (TPSA) is 55.6 Å². The summed E-state index contributed by atoms with van der Waals surface area (Å²) >= 11 is 0. The molecule has 0 bridgehead atoms. The van der Waals surface area contributed by atoms with Gasteiger partial charge in [-0.2, -0.15) is 0 Å². The van der Waals surface area contributed by atoms with Gasteiger partial charge < -0.3 is 9.88 Å². The minimum atomic E-state index is 0.379. The van der Waals surface area contributed by atoms with E-state index in [1.807, 2.05) is 18.6 Å². The minimum absolute atomic E-state index is 0.379. The fraction of sp³-hybridized carbons (Fsp3) is 0.364. The van der Waals surface area contributed by atoms with Gasteiger partial charge in [-0.3, -0.25) is 0 Å². The lowest BCUT2D eigenvalue weighted by molar-refractivity contribution is 0.473.